The molecule has 106 valence electrons. The number of aryl methyl sites for hydroxylation is 1. The van der Waals surface area contributed by atoms with E-state index in [0.717, 1.165) is 16.9 Å². The van der Waals surface area contributed by atoms with Gasteiger partial charge in [-0.3, -0.25) is 0 Å². The largest absolute Gasteiger partial charge is 0.424 e. The quantitative estimate of drug-likeness (QED) is 0.774. The van der Waals surface area contributed by atoms with Crippen molar-refractivity contribution < 1.29 is 4.74 Å². The number of aromatic nitrogens is 2. The summed E-state index contributed by atoms with van der Waals surface area (Å²) in [6, 6.07) is 6.47. The van der Waals surface area contributed by atoms with E-state index in [-0.39, 0.29) is 5.41 Å². The molecule has 0 aliphatic rings. The van der Waals surface area contributed by atoms with Gasteiger partial charge in [0.15, 0.2) is 0 Å². The van der Waals surface area contributed by atoms with Crippen molar-refractivity contribution >= 4 is 11.6 Å². The SMILES string of the molecule is Cc1ccc(Oc2ncc(CCl)cn2)c(C(C)(C)C)c1. The summed E-state index contributed by atoms with van der Waals surface area (Å²) in [6.45, 7) is 8.55. The van der Waals surface area contributed by atoms with Gasteiger partial charge < -0.3 is 4.74 Å². The average molecular weight is 291 g/mol. The fourth-order valence-electron chi connectivity index (χ4n) is 1.88. The van der Waals surface area contributed by atoms with Crippen LogP contribution in [0, 0.1) is 6.92 Å². The lowest BCUT2D eigenvalue weighted by Crippen LogP contribution is -2.13. The van der Waals surface area contributed by atoms with Gasteiger partial charge in [0.2, 0.25) is 0 Å². The molecule has 0 N–H and O–H groups in total. The predicted octanol–water partition coefficient (Wildman–Crippen LogP) is 4.61. The van der Waals surface area contributed by atoms with E-state index in [0.29, 0.717) is 11.9 Å². The number of nitrogens with zero attached hydrogens (tertiary/aromatic N) is 2. The van der Waals surface area contributed by atoms with Crippen LogP contribution in [0.25, 0.3) is 0 Å². The van der Waals surface area contributed by atoms with Gasteiger partial charge in [-0.05, 0) is 18.4 Å². The van der Waals surface area contributed by atoms with Crippen molar-refractivity contribution in [3.63, 3.8) is 0 Å². The minimum atomic E-state index is -0.00255. The summed E-state index contributed by atoms with van der Waals surface area (Å²) in [5, 5.41) is 0. The van der Waals surface area contributed by atoms with Gasteiger partial charge in [0.25, 0.3) is 0 Å². The third-order valence-corrected chi connectivity index (χ3v) is 3.29. The maximum atomic E-state index is 5.83. The average Bonchev–Trinajstić information content (AvgIpc) is 2.40. The molecule has 2 aromatic rings. The molecule has 0 radical (unpaired) electrons. The van der Waals surface area contributed by atoms with Crippen molar-refractivity contribution in [2.75, 3.05) is 0 Å². The van der Waals surface area contributed by atoms with Crippen LogP contribution in [0.2, 0.25) is 0 Å². The second-order valence-electron chi connectivity index (χ2n) is 5.86. The van der Waals surface area contributed by atoms with Gasteiger partial charge in [-0.15, -0.1) is 11.6 Å². The lowest BCUT2D eigenvalue weighted by Gasteiger charge is -2.22. The highest BCUT2D eigenvalue weighted by Gasteiger charge is 2.20. The molecule has 4 heteroatoms. The van der Waals surface area contributed by atoms with E-state index in [9.17, 15) is 0 Å². The van der Waals surface area contributed by atoms with Crippen LogP contribution in [0.3, 0.4) is 0 Å². The van der Waals surface area contributed by atoms with Crippen molar-refractivity contribution in [1.29, 1.82) is 0 Å². The lowest BCUT2D eigenvalue weighted by atomic mass is 9.85. The second kappa shape index (κ2) is 5.80. The van der Waals surface area contributed by atoms with E-state index in [1.165, 1.54) is 5.56 Å². The molecule has 20 heavy (non-hydrogen) atoms. The van der Waals surface area contributed by atoms with Crippen LogP contribution in [0.1, 0.15) is 37.5 Å². The van der Waals surface area contributed by atoms with Crippen LogP contribution < -0.4 is 4.74 Å². The molecule has 0 atom stereocenters. The van der Waals surface area contributed by atoms with E-state index in [2.05, 4.69) is 43.7 Å². The molecule has 3 nitrogen and oxygen atoms in total. The Hall–Kier alpha value is -1.61. The summed E-state index contributed by atoms with van der Waals surface area (Å²) in [4.78, 5) is 8.35. The molecule has 0 amide bonds. The molecule has 0 fully saturated rings. The zero-order chi connectivity index (χ0) is 14.8. The Kier molecular flexibility index (Phi) is 4.29. The second-order valence-corrected chi connectivity index (χ2v) is 6.13. The summed E-state index contributed by atoms with van der Waals surface area (Å²) < 4.78 is 5.83. The zero-order valence-electron chi connectivity index (χ0n) is 12.3. The molecule has 1 aromatic carbocycles. The summed E-state index contributed by atoms with van der Waals surface area (Å²) in [5.74, 6) is 1.19. The molecule has 0 aliphatic heterocycles. The predicted molar refractivity (Wildman–Crippen MR) is 81.5 cm³/mol. The van der Waals surface area contributed by atoms with Crippen molar-refractivity contribution in [2.24, 2.45) is 0 Å². The molecule has 1 aromatic heterocycles. The molecule has 0 bridgehead atoms. The summed E-state index contributed by atoms with van der Waals surface area (Å²) in [7, 11) is 0. The summed E-state index contributed by atoms with van der Waals surface area (Å²) in [6.07, 6.45) is 3.36. The smallest absolute Gasteiger partial charge is 0.321 e. The van der Waals surface area contributed by atoms with Crippen LogP contribution in [-0.4, -0.2) is 9.97 Å². The number of ether oxygens (including phenoxy) is 1. The van der Waals surface area contributed by atoms with Gasteiger partial charge in [0, 0.05) is 23.5 Å². The monoisotopic (exact) mass is 290 g/mol. The maximum Gasteiger partial charge on any atom is 0.321 e. The Labute approximate surface area is 125 Å². The molecule has 0 saturated carbocycles. The standard InChI is InChI=1S/C16H19ClN2O/c1-11-5-6-14(13(7-11)16(2,3)4)20-15-18-9-12(8-17)10-19-15/h5-7,9-10H,8H2,1-4H3. The Balaban J connectivity index is 2.32. The van der Waals surface area contributed by atoms with E-state index < -0.39 is 0 Å². The van der Waals surface area contributed by atoms with Crippen LogP contribution >= 0.6 is 11.6 Å². The number of hydrogen-bond donors (Lipinski definition) is 0. The highest BCUT2D eigenvalue weighted by Crippen LogP contribution is 2.33. The first-order chi connectivity index (χ1) is 9.40. The van der Waals surface area contributed by atoms with Crippen molar-refractivity contribution in [1.82, 2.24) is 9.97 Å². The van der Waals surface area contributed by atoms with E-state index in [1.54, 1.807) is 12.4 Å². The minimum absolute atomic E-state index is 0.00255. The Morgan fingerprint density at radius 3 is 2.35 bits per heavy atom. The van der Waals surface area contributed by atoms with Gasteiger partial charge in [-0.2, -0.15) is 0 Å². The highest BCUT2D eigenvalue weighted by molar-refractivity contribution is 6.17. The van der Waals surface area contributed by atoms with Gasteiger partial charge >= 0.3 is 6.01 Å². The van der Waals surface area contributed by atoms with Crippen molar-refractivity contribution in [3.8, 4) is 11.8 Å². The number of halogens is 1. The van der Waals surface area contributed by atoms with Crippen LogP contribution in [0.4, 0.5) is 0 Å². The van der Waals surface area contributed by atoms with E-state index in [1.807, 2.05) is 12.1 Å². The molecule has 0 saturated heterocycles. The van der Waals surface area contributed by atoms with Gasteiger partial charge in [-0.1, -0.05) is 38.5 Å². The molecule has 0 spiro atoms. The fraction of sp³-hybridized carbons (Fsp3) is 0.375. The third kappa shape index (κ3) is 3.48. The number of alkyl halides is 1. The van der Waals surface area contributed by atoms with Crippen molar-refractivity contribution in [3.05, 3.63) is 47.3 Å². The zero-order valence-corrected chi connectivity index (χ0v) is 13.0. The molecule has 0 unspecified atom stereocenters. The van der Waals surface area contributed by atoms with Gasteiger partial charge in [0.1, 0.15) is 5.75 Å². The number of rotatable bonds is 3. The molecule has 0 aliphatic carbocycles. The van der Waals surface area contributed by atoms with Crippen LogP contribution in [-0.2, 0) is 11.3 Å². The van der Waals surface area contributed by atoms with E-state index >= 15 is 0 Å². The van der Waals surface area contributed by atoms with Crippen LogP contribution in [0.5, 0.6) is 11.8 Å². The fourth-order valence-corrected chi connectivity index (χ4v) is 2.02. The highest BCUT2D eigenvalue weighted by atomic mass is 35.5. The first-order valence-corrected chi connectivity index (χ1v) is 7.09. The molecule has 1 heterocycles. The third-order valence-electron chi connectivity index (χ3n) is 2.98. The first-order valence-electron chi connectivity index (χ1n) is 6.56. The molecular weight excluding hydrogens is 272 g/mol. The minimum Gasteiger partial charge on any atom is -0.424 e. The topological polar surface area (TPSA) is 35.0 Å². The Morgan fingerprint density at radius 1 is 1.15 bits per heavy atom. The Morgan fingerprint density at radius 2 is 1.80 bits per heavy atom. The first kappa shape index (κ1) is 14.8. The van der Waals surface area contributed by atoms with E-state index in [4.69, 9.17) is 16.3 Å². The lowest BCUT2D eigenvalue weighted by molar-refractivity contribution is 0.422. The summed E-state index contributed by atoms with van der Waals surface area (Å²) in [5.41, 5.74) is 3.22. The maximum absolute atomic E-state index is 5.83. The molecular formula is C16H19ClN2O. The number of hydrogen-bond acceptors (Lipinski definition) is 3. The Bertz CT molecular complexity index is 588. The van der Waals surface area contributed by atoms with Crippen LogP contribution in [0.15, 0.2) is 30.6 Å². The van der Waals surface area contributed by atoms with Crippen molar-refractivity contribution in [2.45, 2.75) is 39.0 Å². The molecule has 2 rings (SSSR count). The normalized spacial score (nSPS) is 11.4. The summed E-state index contributed by atoms with van der Waals surface area (Å²) >= 11 is 5.72. The number of benzene rings is 1. The van der Waals surface area contributed by atoms with Gasteiger partial charge in [-0.25, -0.2) is 9.97 Å². The van der Waals surface area contributed by atoms with Gasteiger partial charge in [0.05, 0.1) is 5.88 Å².